The van der Waals surface area contributed by atoms with Gasteiger partial charge in [0.25, 0.3) is 15.9 Å². The minimum absolute atomic E-state index is 0.0707. The van der Waals surface area contributed by atoms with Gasteiger partial charge in [0, 0.05) is 32.0 Å². The highest BCUT2D eigenvalue weighted by molar-refractivity contribution is 7.89. The molecule has 27 heavy (non-hydrogen) atoms. The first-order chi connectivity index (χ1) is 12.9. The summed E-state index contributed by atoms with van der Waals surface area (Å²) in [5, 5.41) is 6.71. The summed E-state index contributed by atoms with van der Waals surface area (Å²) in [5.74, 6) is -0.472. The monoisotopic (exact) mass is 390 g/mol. The molecule has 146 valence electrons. The van der Waals surface area contributed by atoms with Crippen LogP contribution in [-0.2, 0) is 23.5 Å². The van der Waals surface area contributed by atoms with E-state index in [9.17, 15) is 13.2 Å². The van der Waals surface area contributed by atoms with Gasteiger partial charge in [0.05, 0.1) is 5.56 Å². The number of hydrogen-bond donors (Lipinski definition) is 1. The Morgan fingerprint density at radius 1 is 1.11 bits per heavy atom. The molecule has 1 aromatic heterocycles. The van der Waals surface area contributed by atoms with Gasteiger partial charge in [0.1, 0.15) is 0 Å². The third-order valence-electron chi connectivity index (χ3n) is 4.81. The fourth-order valence-corrected chi connectivity index (χ4v) is 4.88. The molecule has 1 aliphatic heterocycles. The number of amides is 1. The molecule has 0 aliphatic carbocycles. The summed E-state index contributed by atoms with van der Waals surface area (Å²) in [7, 11) is -2.18. The van der Waals surface area contributed by atoms with Crippen LogP contribution in [0.2, 0.25) is 0 Å². The number of benzene rings is 1. The quantitative estimate of drug-likeness (QED) is 0.851. The third kappa shape index (κ3) is 4.39. The average Bonchev–Trinajstić information content (AvgIpc) is 2.87. The number of carbonyl (C=O) groups is 1. The SMILES string of the molecule is CCc1ccc(NC(=O)c2cn(C)nc2S(=O)(=O)N2CCCCCC2)cc1. The predicted molar refractivity (Wildman–Crippen MR) is 104 cm³/mol. The molecule has 0 bridgehead atoms. The zero-order valence-electron chi connectivity index (χ0n) is 15.8. The topological polar surface area (TPSA) is 84.3 Å². The van der Waals surface area contributed by atoms with Crippen molar-refractivity contribution < 1.29 is 13.2 Å². The standard InChI is InChI=1S/C19H26N4O3S/c1-3-15-8-10-16(11-9-15)20-18(24)17-14-22(2)21-19(17)27(25,26)23-12-6-4-5-7-13-23/h8-11,14H,3-7,12-13H2,1-2H3,(H,20,24). The fraction of sp³-hybridized carbons (Fsp3) is 0.474. The predicted octanol–water partition coefficient (Wildman–Crippen LogP) is 2.80. The molecule has 7 nitrogen and oxygen atoms in total. The van der Waals surface area contributed by atoms with Crippen LogP contribution in [0.1, 0.15) is 48.5 Å². The minimum Gasteiger partial charge on any atom is -0.322 e. The Morgan fingerprint density at radius 2 is 1.74 bits per heavy atom. The molecule has 1 fully saturated rings. The lowest BCUT2D eigenvalue weighted by Crippen LogP contribution is -2.33. The number of aryl methyl sites for hydroxylation is 2. The van der Waals surface area contributed by atoms with E-state index in [2.05, 4.69) is 17.3 Å². The normalized spacial score (nSPS) is 16.1. The number of anilines is 1. The van der Waals surface area contributed by atoms with Crippen LogP contribution in [0.3, 0.4) is 0 Å². The van der Waals surface area contributed by atoms with E-state index in [4.69, 9.17) is 0 Å². The molecule has 3 rings (SSSR count). The Morgan fingerprint density at radius 3 is 2.33 bits per heavy atom. The van der Waals surface area contributed by atoms with Crippen LogP contribution in [0.25, 0.3) is 0 Å². The maximum Gasteiger partial charge on any atom is 0.263 e. The van der Waals surface area contributed by atoms with Gasteiger partial charge in [0.2, 0.25) is 5.03 Å². The second-order valence-electron chi connectivity index (χ2n) is 6.84. The summed E-state index contributed by atoms with van der Waals surface area (Å²) < 4.78 is 29.0. The van der Waals surface area contributed by atoms with Crippen LogP contribution in [-0.4, -0.2) is 41.5 Å². The number of nitrogens with one attached hydrogen (secondary N) is 1. The number of carbonyl (C=O) groups excluding carboxylic acids is 1. The van der Waals surface area contributed by atoms with Crippen molar-refractivity contribution in [3.05, 3.63) is 41.6 Å². The average molecular weight is 391 g/mol. The fourth-order valence-electron chi connectivity index (χ4n) is 3.24. The van der Waals surface area contributed by atoms with Gasteiger partial charge in [-0.2, -0.15) is 9.40 Å². The van der Waals surface area contributed by atoms with Gasteiger partial charge in [-0.25, -0.2) is 8.42 Å². The highest BCUT2D eigenvalue weighted by atomic mass is 32.2. The van der Waals surface area contributed by atoms with E-state index in [1.807, 2.05) is 24.3 Å². The van der Waals surface area contributed by atoms with E-state index in [-0.39, 0.29) is 10.6 Å². The lowest BCUT2D eigenvalue weighted by Gasteiger charge is -2.19. The van der Waals surface area contributed by atoms with Crippen molar-refractivity contribution in [3.8, 4) is 0 Å². The molecule has 1 saturated heterocycles. The van der Waals surface area contributed by atoms with Gasteiger partial charge in [-0.15, -0.1) is 0 Å². The van der Waals surface area contributed by atoms with E-state index in [1.165, 1.54) is 20.7 Å². The van der Waals surface area contributed by atoms with Crippen LogP contribution in [0.4, 0.5) is 5.69 Å². The van der Waals surface area contributed by atoms with Gasteiger partial charge in [-0.3, -0.25) is 9.48 Å². The number of sulfonamides is 1. The van der Waals surface area contributed by atoms with Gasteiger partial charge < -0.3 is 5.32 Å². The molecule has 1 amide bonds. The number of rotatable bonds is 5. The summed E-state index contributed by atoms with van der Waals surface area (Å²) >= 11 is 0. The summed E-state index contributed by atoms with van der Waals surface area (Å²) in [6, 6.07) is 7.51. The van der Waals surface area contributed by atoms with E-state index < -0.39 is 15.9 Å². The third-order valence-corrected chi connectivity index (χ3v) is 6.64. The molecule has 1 aliphatic rings. The summed E-state index contributed by atoms with van der Waals surface area (Å²) in [6.45, 7) is 3.00. The van der Waals surface area contributed by atoms with E-state index in [0.29, 0.717) is 18.8 Å². The lowest BCUT2D eigenvalue weighted by atomic mass is 10.1. The maximum atomic E-state index is 13.1. The van der Waals surface area contributed by atoms with Gasteiger partial charge in [0.15, 0.2) is 0 Å². The summed E-state index contributed by atoms with van der Waals surface area (Å²) in [4.78, 5) is 12.8. The molecule has 8 heteroatoms. The molecule has 0 atom stereocenters. The molecule has 2 heterocycles. The molecule has 0 radical (unpaired) electrons. The molecular weight excluding hydrogens is 364 g/mol. The van der Waals surface area contributed by atoms with E-state index >= 15 is 0 Å². The summed E-state index contributed by atoms with van der Waals surface area (Å²) in [6.07, 6.45) is 6.08. The molecule has 1 aromatic carbocycles. The van der Waals surface area contributed by atoms with Crippen molar-refractivity contribution in [1.82, 2.24) is 14.1 Å². The molecular formula is C19H26N4O3S. The Hall–Kier alpha value is -2.19. The zero-order valence-corrected chi connectivity index (χ0v) is 16.6. The number of nitrogens with zero attached hydrogens (tertiary/aromatic N) is 3. The second-order valence-corrected chi connectivity index (χ2v) is 8.70. The van der Waals surface area contributed by atoms with Crippen LogP contribution in [0, 0.1) is 0 Å². The summed E-state index contributed by atoms with van der Waals surface area (Å²) in [5.41, 5.74) is 1.86. The van der Waals surface area contributed by atoms with Crippen molar-refractivity contribution in [2.75, 3.05) is 18.4 Å². The molecule has 0 spiro atoms. The molecule has 0 saturated carbocycles. The van der Waals surface area contributed by atoms with Crippen molar-refractivity contribution in [2.24, 2.45) is 7.05 Å². The first-order valence-corrected chi connectivity index (χ1v) is 10.8. The van der Waals surface area contributed by atoms with Crippen LogP contribution in [0.15, 0.2) is 35.5 Å². The Bertz CT molecular complexity index is 896. The Labute approximate surface area is 160 Å². The first kappa shape index (κ1) is 19.6. The maximum absolute atomic E-state index is 13.1. The Kier molecular flexibility index (Phi) is 5.96. The van der Waals surface area contributed by atoms with Crippen LogP contribution >= 0.6 is 0 Å². The Balaban J connectivity index is 1.86. The highest BCUT2D eigenvalue weighted by Crippen LogP contribution is 2.23. The van der Waals surface area contributed by atoms with Crippen molar-refractivity contribution in [1.29, 1.82) is 0 Å². The minimum atomic E-state index is -3.80. The van der Waals surface area contributed by atoms with E-state index in [1.54, 1.807) is 7.05 Å². The van der Waals surface area contributed by atoms with Crippen LogP contribution < -0.4 is 5.32 Å². The van der Waals surface area contributed by atoms with Crippen molar-refractivity contribution in [3.63, 3.8) is 0 Å². The van der Waals surface area contributed by atoms with Crippen molar-refractivity contribution in [2.45, 2.75) is 44.1 Å². The molecule has 0 unspecified atom stereocenters. The van der Waals surface area contributed by atoms with Gasteiger partial charge >= 0.3 is 0 Å². The zero-order chi connectivity index (χ0) is 19.4. The van der Waals surface area contributed by atoms with Crippen LogP contribution in [0.5, 0.6) is 0 Å². The molecule has 2 aromatic rings. The lowest BCUT2D eigenvalue weighted by molar-refractivity contribution is 0.102. The smallest absolute Gasteiger partial charge is 0.263 e. The van der Waals surface area contributed by atoms with Gasteiger partial charge in [-0.05, 0) is 37.0 Å². The van der Waals surface area contributed by atoms with Gasteiger partial charge in [-0.1, -0.05) is 31.9 Å². The first-order valence-electron chi connectivity index (χ1n) is 9.36. The largest absolute Gasteiger partial charge is 0.322 e. The van der Waals surface area contributed by atoms with Crippen molar-refractivity contribution >= 4 is 21.6 Å². The highest BCUT2D eigenvalue weighted by Gasteiger charge is 2.32. The number of hydrogen-bond acceptors (Lipinski definition) is 4. The van der Waals surface area contributed by atoms with E-state index in [0.717, 1.165) is 32.1 Å². The second kappa shape index (κ2) is 8.22. The molecule has 1 N–H and O–H groups in total. The number of aromatic nitrogens is 2.